The average Bonchev–Trinajstić information content (AvgIpc) is 2.76. The van der Waals surface area contributed by atoms with E-state index < -0.39 is 32.7 Å². The lowest BCUT2D eigenvalue weighted by Gasteiger charge is -2.30. The van der Waals surface area contributed by atoms with Crippen molar-refractivity contribution >= 4 is 10.1 Å². The fourth-order valence-corrected chi connectivity index (χ4v) is 5.73. The maximum Gasteiger partial charge on any atom is 0.273 e. The zero-order valence-corrected chi connectivity index (χ0v) is 10.2. The average molecular weight is 248 g/mol. The first kappa shape index (κ1) is 11.0. The fraction of sp³-hybridized carbons (Fsp3) is 1.00. The molecular weight excluding hydrogens is 232 g/mol. The summed E-state index contributed by atoms with van der Waals surface area (Å²) in [6.07, 6.45) is 0.541. The Morgan fingerprint density at radius 1 is 1.50 bits per heavy atom. The maximum absolute atomic E-state index is 11.9. The van der Waals surface area contributed by atoms with Gasteiger partial charge < -0.3 is 9.84 Å². The molecule has 0 aromatic rings. The molecule has 5 atom stereocenters. The SMILES string of the molecule is CCC12OC3(CO)CC1S(=O)(=O)OC2C3C. The molecule has 3 heterocycles. The molecule has 0 radical (unpaired) electrons. The molecule has 5 unspecified atom stereocenters. The van der Waals surface area contributed by atoms with Crippen molar-refractivity contribution in [3.63, 3.8) is 0 Å². The summed E-state index contributed by atoms with van der Waals surface area (Å²) in [4.78, 5) is 0. The predicted molar refractivity (Wildman–Crippen MR) is 55.3 cm³/mol. The molecule has 1 N–H and O–H groups in total. The lowest BCUT2D eigenvalue weighted by atomic mass is 9.72. The Balaban J connectivity index is 2.17. The van der Waals surface area contributed by atoms with Crippen LogP contribution in [0.15, 0.2) is 0 Å². The summed E-state index contributed by atoms with van der Waals surface area (Å²) in [5.74, 6) is -0.0778. The molecule has 5 nitrogen and oxygen atoms in total. The molecule has 0 saturated carbocycles. The van der Waals surface area contributed by atoms with Gasteiger partial charge in [0.25, 0.3) is 10.1 Å². The summed E-state index contributed by atoms with van der Waals surface area (Å²) in [6.45, 7) is 3.67. The highest BCUT2D eigenvalue weighted by atomic mass is 32.2. The third kappa shape index (κ3) is 0.917. The standard InChI is InChI=1S/C10H16O5S/c1-3-10-7-4-9(5-11,15-10)6(2)8(10)14-16(7,12)13/h6-8,11H,3-5H2,1-2H3. The zero-order valence-electron chi connectivity index (χ0n) is 9.34. The lowest BCUT2D eigenvalue weighted by molar-refractivity contribution is -0.0876. The molecule has 16 heavy (non-hydrogen) atoms. The van der Waals surface area contributed by atoms with Crippen molar-refractivity contribution in [2.24, 2.45) is 5.92 Å². The van der Waals surface area contributed by atoms with E-state index in [1.54, 1.807) is 0 Å². The second-order valence-corrected chi connectivity index (χ2v) is 6.87. The van der Waals surface area contributed by atoms with Gasteiger partial charge in [0.2, 0.25) is 0 Å². The molecule has 3 fully saturated rings. The largest absolute Gasteiger partial charge is 0.393 e. The molecule has 3 aliphatic heterocycles. The number of hydrogen-bond acceptors (Lipinski definition) is 5. The topological polar surface area (TPSA) is 72.8 Å². The van der Waals surface area contributed by atoms with E-state index in [-0.39, 0.29) is 12.5 Å². The van der Waals surface area contributed by atoms with E-state index >= 15 is 0 Å². The van der Waals surface area contributed by atoms with Crippen molar-refractivity contribution in [3.05, 3.63) is 0 Å². The van der Waals surface area contributed by atoms with Gasteiger partial charge in [0.05, 0.1) is 12.2 Å². The van der Waals surface area contributed by atoms with Crippen LogP contribution in [0.1, 0.15) is 26.7 Å². The van der Waals surface area contributed by atoms with Crippen molar-refractivity contribution in [1.82, 2.24) is 0 Å². The van der Waals surface area contributed by atoms with Gasteiger partial charge in [0.15, 0.2) is 0 Å². The molecule has 92 valence electrons. The summed E-state index contributed by atoms with van der Waals surface area (Å²) >= 11 is 0. The Hall–Kier alpha value is -0.170. The van der Waals surface area contributed by atoms with Crippen LogP contribution in [-0.2, 0) is 19.0 Å². The van der Waals surface area contributed by atoms with Gasteiger partial charge in [-0.1, -0.05) is 13.8 Å². The van der Waals surface area contributed by atoms with E-state index in [0.717, 1.165) is 0 Å². The lowest BCUT2D eigenvalue weighted by Crippen LogP contribution is -2.48. The Bertz CT molecular complexity index is 432. The normalized spacial score (nSPS) is 57.1. The van der Waals surface area contributed by atoms with E-state index in [2.05, 4.69) is 0 Å². The summed E-state index contributed by atoms with van der Waals surface area (Å²) in [6, 6.07) is 0. The Morgan fingerprint density at radius 2 is 2.19 bits per heavy atom. The Morgan fingerprint density at radius 3 is 2.69 bits per heavy atom. The predicted octanol–water partition coefficient (Wildman–Crippen LogP) is 0.0335. The van der Waals surface area contributed by atoms with Crippen molar-refractivity contribution in [2.45, 2.75) is 49.2 Å². The second-order valence-electron chi connectivity index (χ2n) is 5.12. The van der Waals surface area contributed by atoms with Gasteiger partial charge in [0.1, 0.15) is 17.0 Å². The van der Waals surface area contributed by atoms with Crippen molar-refractivity contribution in [2.75, 3.05) is 6.61 Å². The number of aliphatic hydroxyl groups excluding tert-OH is 1. The summed E-state index contributed by atoms with van der Waals surface area (Å²) in [5, 5.41) is 8.88. The quantitative estimate of drug-likeness (QED) is 0.698. The molecule has 0 aromatic carbocycles. The van der Waals surface area contributed by atoms with Crippen LogP contribution in [0.2, 0.25) is 0 Å². The zero-order chi connectivity index (χ0) is 11.8. The fourth-order valence-electron chi connectivity index (χ4n) is 3.66. The van der Waals surface area contributed by atoms with E-state index in [1.165, 1.54) is 0 Å². The molecule has 6 heteroatoms. The van der Waals surface area contributed by atoms with Gasteiger partial charge >= 0.3 is 0 Å². The molecular formula is C10H16O5S. The van der Waals surface area contributed by atoms with Crippen LogP contribution < -0.4 is 0 Å². The van der Waals surface area contributed by atoms with Gasteiger partial charge in [-0.25, -0.2) is 0 Å². The van der Waals surface area contributed by atoms with Crippen LogP contribution in [0.25, 0.3) is 0 Å². The summed E-state index contributed by atoms with van der Waals surface area (Å²) in [5.41, 5.74) is -1.43. The van der Waals surface area contributed by atoms with Crippen LogP contribution in [-0.4, -0.2) is 42.7 Å². The minimum absolute atomic E-state index is 0.0778. The Labute approximate surface area is 94.9 Å². The third-order valence-corrected chi connectivity index (χ3v) is 6.38. The molecule has 0 amide bonds. The van der Waals surface area contributed by atoms with Crippen molar-refractivity contribution in [3.8, 4) is 0 Å². The number of ether oxygens (including phenoxy) is 1. The van der Waals surface area contributed by atoms with E-state index in [4.69, 9.17) is 8.92 Å². The number of aliphatic hydroxyl groups is 1. The van der Waals surface area contributed by atoms with E-state index in [0.29, 0.717) is 12.8 Å². The molecule has 0 aliphatic carbocycles. The molecule has 3 aliphatic rings. The summed E-state index contributed by atoms with van der Waals surface area (Å²) < 4.78 is 34.9. The van der Waals surface area contributed by atoms with Crippen LogP contribution >= 0.6 is 0 Å². The van der Waals surface area contributed by atoms with Crippen molar-refractivity contribution < 1.29 is 22.4 Å². The van der Waals surface area contributed by atoms with Gasteiger partial charge in [-0.2, -0.15) is 8.42 Å². The minimum Gasteiger partial charge on any atom is -0.393 e. The van der Waals surface area contributed by atoms with Crippen LogP contribution in [0.4, 0.5) is 0 Å². The molecule has 0 aromatic heterocycles. The minimum atomic E-state index is -3.52. The Kier molecular flexibility index (Phi) is 1.92. The molecule has 3 rings (SSSR count). The van der Waals surface area contributed by atoms with E-state index in [9.17, 15) is 13.5 Å². The smallest absolute Gasteiger partial charge is 0.273 e. The molecule has 3 saturated heterocycles. The van der Waals surface area contributed by atoms with Gasteiger partial charge in [-0.15, -0.1) is 0 Å². The number of rotatable bonds is 2. The first-order chi connectivity index (χ1) is 7.42. The second kappa shape index (κ2) is 2.80. The highest BCUT2D eigenvalue weighted by Gasteiger charge is 2.77. The van der Waals surface area contributed by atoms with Crippen LogP contribution in [0, 0.1) is 5.92 Å². The maximum atomic E-state index is 11.9. The van der Waals surface area contributed by atoms with Gasteiger partial charge in [-0.05, 0) is 6.42 Å². The highest BCUT2D eigenvalue weighted by molar-refractivity contribution is 7.87. The van der Waals surface area contributed by atoms with Gasteiger partial charge in [0, 0.05) is 12.3 Å². The van der Waals surface area contributed by atoms with Crippen LogP contribution in [0.3, 0.4) is 0 Å². The van der Waals surface area contributed by atoms with Gasteiger partial charge in [-0.3, -0.25) is 4.18 Å². The van der Waals surface area contributed by atoms with E-state index in [1.807, 2.05) is 13.8 Å². The number of hydrogen-bond donors (Lipinski definition) is 1. The highest BCUT2D eigenvalue weighted by Crippen LogP contribution is 2.62. The first-order valence-electron chi connectivity index (χ1n) is 5.65. The number of fused-ring (bicyclic) bond motifs is 1. The first-order valence-corrected chi connectivity index (χ1v) is 7.12. The molecule has 2 bridgehead atoms. The van der Waals surface area contributed by atoms with Crippen molar-refractivity contribution in [1.29, 1.82) is 0 Å². The monoisotopic (exact) mass is 248 g/mol. The molecule has 0 spiro atoms. The summed E-state index contributed by atoms with van der Waals surface area (Å²) in [7, 11) is -3.52. The van der Waals surface area contributed by atoms with Crippen LogP contribution in [0.5, 0.6) is 0 Å². The third-order valence-electron chi connectivity index (χ3n) is 4.64.